The van der Waals surface area contributed by atoms with Crippen LogP contribution in [-0.4, -0.2) is 29.3 Å². The number of hydrogen-bond donors (Lipinski definition) is 2. The minimum atomic E-state index is -3.40. The average molecular weight is 536 g/mol. The van der Waals surface area contributed by atoms with Gasteiger partial charge in [-0.05, 0) is 86.2 Å². The quantitative estimate of drug-likeness (QED) is 0.332. The smallest absolute Gasteiger partial charge is 0.229 e. The van der Waals surface area contributed by atoms with Crippen molar-refractivity contribution in [3.8, 4) is 5.69 Å². The number of nitrogens with one attached hydrogen (secondary N) is 2. The lowest BCUT2D eigenvalue weighted by Gasteiger charge is -2.28. The molecule has 0 spiro atoms. The maximum absolute atomic E-state index is 14.8. The molecule has 0 radical (unpaired) electrons. The van der Waals surface area contributed by atoms with Gasteiger partial charge in [0, 0.05) is 29.0 Å². The van der Waals surface area contributed by atoms with Gasteiger partial charge in [-0.3, -0.25) is 9.71 Å². The molecule has 190 valence electrons. The monoisotopic (exact) mass is 535 g/mol. The second kappa shape index (κ2) is 9.60. The lowest BCUT2D eigenvalue weighted by molar-refractivity contribution is 0.564. The molecule has 2 atom stereocenters. The molecule has 0 amide bonds. The van der Waals surface area contributed by atoms with Crippen molar-refractivity contribution in [1.29, 1.82) is 0 Å². The normalized spacial score (nSPS) is 17.6. The van der Waals surface area contributed by atoms with Gasteiger partial charge in [0.2, 0.25) is 10.0 Å². The highest BCUT2D eigenvalue weighted by Crippen LogP contribution is 2.44. The van der Waals surface area contributed by atoms with Gasteiger partial charge in [-0.25, -0.2) is 12.8 Å². The number of hydrogen-bond acceptors (Lipinski definition) is 4. The van der Waals surface area contributed by atoms with Crippen molar-refractivity contribution in [3.05, 3.63) is 107 Å². The Labute approximate surface area is 221 Å². The summed E-state index contributed by atoms with van der Waals surface area (Å²) in [6, 6.07) is 21.0. The number of aryl methyl sites for hydroxylation is 1. The number of anilines is 2. The molecule has 0 bridgehead atoms. The van der Waals surface area contributed by atoms with Crippen LogP contribution in [0.25, 0.3) is 5.69 Å². The topological polar surface area (TPSA) is 79.3 Å². The number of sulfonamides is 1. The van der Waals surface area contributed by atoms with Crippen LogP contribution in [0.5, 0.6) is 0 Å². The van der Waals surface area contributed by atoms with E-state index in [9.17, 15) is 12.8 Å². The Morgan fingerprint density at radius 2 is 1.73 bits per heavy atom. The molecule has 37 heavy (non-hydrogen) atoms. The predicted octanol–water partition coefficient (Wildman–Crippen LogP) is 5.18. The fourth-order valence-corrected chi connectivity index (χ4v) is 5.85. The molecular weight excluding hydrogens is 509 g/mol. The number of aromatic nitrogens is 2. The van der Waals surface area contributed by atoms with E-state index in [0.29, 0.717) is 16.5 Å². The van der Waals surface area contributed by atoms with Gasteiger partial charge in [0.15, 0.2) is 5.11 Å². The molecule has 5 rings (SSSR count). The van der Waals surface area contributed by atoms with E-state index in [4.69, 9.17) is 12.2 Å². The van der Waals surface area contributed by atoms with Gasteiger partial charge < -0.3 is 14.8 Å². The van der Waals surface area contributed by atoms with Crippen molar-refractivity contribution >= 4 is 38.7 Å². The summed E-state index contributed by atoms with van der Waals surface area (Å²) in [7, 11) is -3.40. The van der Waals surface area contributed by atoms with Crippen LogP contribution in [0, 0.1) is 19.7 Å². The molecule has 0 unspecified atom stereocenters. The molecule has 2 aromatic carbocycles. The van der Waals surface area contributed by atoms with E-state index in [1.165, 1.54) is 6.07 Å². The highest BCUT2D eigenvalue weighted by Gasteiger charge is 2.42. The van der Waals surface area contributed by atoms with Crippen molar-refractivity contribution in [2.45, 2.75) is 25.9 Å². The minimum absolute atomic E-state index is 0.267. The fourth-order valence-electron chi connectivity index (χ4n) is 4.94. The Kier molecular flexibility index (Phi) is 6.47. The number of benzene rings is 2. The fraction of sp³-hybridized carbons (Fsp3) is 0.185. The molecule has 10 heteroatoms. The zero-order valence-corrected chi connectivity index (χ0v) is 22.1. The summed E-state index contributed by atoms with van der Waals surface area (Å²) in [5.74, 6) is -0.303. The van der Waals surface area contributed by atoms with Crippen molar-refractivity contribution in [1.82, 2.24) is 14.9 Å². The summed E-state index contributed by atoms with van der Waals surface area (Å²) in [6.45, 7) is 3.93. The molecule has 7 nitrogen and oxygen atoms in total. The first-order valence-electron chi connectivity index (χ1n) is 11.7. The standard InChI is InChI=1S/C27H26FN5O2S2/c1-17-16-21(18(2)32(17)24-10-5-4-8-22(24)28)26-25(23-9-6-7-15-29-23)30-27(36)33(26)20-13-11-19(12-14-20)31-37(3,34)35/h4-16,25-26,31H,1-3H3,(H,30,36)/t25-,26-/m1/s1. The highest BCUT2D eigenvalue weighted by atomic mass is 32.2. The number of nitrogens with zero attached hydrogens (tertiary/aromatic N) is 3. The zero-order chi connectivity index (χ0) is 26.3. The van der Waals surface area contributed by atoms with Crippen molar-refractivity contribution in [2.75, 3.05) is 15.9 Å². The van der Waals surface area contributed by atoms with E-state index in [0.717, 1.165) is 34.6 Å². The number of thiocarbonyl (C=S) groups is 1. The van der Waals surface area contributed by atoms with Crippen molar-refractivity contribution in [3.63, 3.8) is 0 Å². The third-order valence-electron chi connectivity index (χ3n) is 6.43. The Bertz CT molecular complexity index is 1570. The van der Waals surface area contributed by atoms with Gasteiger partial charge in [0.05, 0.1) is 29.7 Å². The second-order valence-electron chi connectivity index (χ2n) is 9.03. The van der Waals surface area contributed by atoms with Crippen LogP contribution in [0.3, 0.4) is 0 Å². The molecule has 2 aromatic heterocycles. The zero-order valence-electron chi connectivity index (χ0n) is 20.5. The van der Waals surface area contributed by atoms with Crippen LogP contribution >= 0.6 is 12.2 Å². The summed E-state index contributed by atoms with van der Waals surface area (Å²) in [5, 5.41) is 3.94. The Balaban J connectivity index is 1.64. The van der Waals surface area contributed by atoms with Crippen LogP contribution in [0.4, 0.5) is 15.8 Å². The van der Waals surface area contributed by atoms with Crippen LogP contribution in [0.15, 0.2) is 79.0 Å². The third-order valence-corrected chi connectivity index (χ3v) is 7.35. The predicted molar refractivity (Wildman–Crippen MR) is 148 cm³/mol. The largest absolute Gasteiger partial charge is 0.351 e. The first kappa shape index (κ1) is 24.9. The maximum atomic E-state index is 14.8. The molecule has 0 aliphatic carbocycles. The van der Waals surface area contributed by atoms with Gasteiger partial charge in [0.1, 0.15) is 5.82 Å². The second-order valence-corrected chi connectivity index (χ2v) is 11.2. The average Bonchev–Trinajstić information content (AvgIpc) is 3.35. The van der Waals surface area contributed by atoms with E-state index in [-0.39, 0.29) is 17.9 Å². The van der Waals surface area contributed by atoms with Crippen molar-refractivity contribution in [2.24, 2.45) is 0 Å². The molecule has 2 N–H and O–H groups in total. The third kappa shape index (κ3) is 4.82. The van der Waals surface area contributed by atoms with E-state index in [1.54, 1.807) is 30.5 Å². The minimum Gasteiger partial charge on any atom is -0.351 e. The van der Waals surface area contributed by atoms with E-state index in [1.807, 2.05) is 59.7 Å². The van der Waals surface area contributed by atoms with Crippen LogP contribution in [-0.2, 0) is 10.0 Å². The van der Waals surface area contributed by atoms with Crippen LogP contribution in [0.1, 0.15) is 34.7 Å². The van der Waals surface area contributed by atoms with Gasteiger partial charge in [0.25, 0.3) is 0 Å². The number of para-hydroxylation sites is 1. The summed E-state index contributed by atoms with van der Waals surface area (Å²) < 4.78 is 42.5. The Morgan fingerprint density at radius 3 is 2.38 bits per heavy atom. The van der Waals surface area contributed by atoms with E-state index >= 15 is 0 Å². The van der Waals surface area contributed by atoms with Gasteiger partial charge in [-0.2, -0.15) is 0 Å². The van der Waals surface area contributed by atoms with Crippen LogP contribution in [0.2, 0.25) is 0 Å². The summed E-state index contributed by atoms with van der Waals surface area (Å²) in [6.07, 6.45) is 2.85. The first-order chi connectivity index (χ1) is 17.6. The molecule has 1 aliphatic heterocycles. The number of halogens is 1. The summed E-state index contributed by atoms with van der Waals surface area (Å²) in [4.78, 5) is 6.60. The lowest BCUT2D eigenvalue weighted by atomic mass is 9.96. The van der Waals surface area contributed by atoms with E-state index < -0.39 is 10.0 Å². The number of rotatable bonds is 6. The first-order valence-corrected chi connectivity index (χ1v) is 14.0. The molecule has 1 saturated heterocycles. The molecule has 4 aromatic rings. The highest BCUT2D eigenvalue weighted by molar-refractivity contribution is 7.92. The maximum Gasteiger partial charge on any atom is 0.229 e. The van der Waals surface area contributed by atoms with E-state index in [2.05, 4.69) is 21.1 Å². The van der Waals surface area contributed by atoms with Gasteiger partial charge in [-0.15, -0.1) is 0 Å². The Morgan fingerprint density at radius 1 is 1.03 bits per heavy atom. The number of pyridine rings is 1. The van der Waals surface area contributed by atoms with Gasteiger partial charge in [-0.1, -0.05) is 18.2 Å². The van der Waals surface area contributed by atoms with Crippen molar-refractivity contribution < 1.29 is 12.8 Å². The van der Waals surface area contributed by atoms with Crippen LogP contribution < -0.4 is 14.9 Å². The molecule has 1 fully saturated rings. The molecule has 3 heterocycles. The summed E-state index contributed by atoms with van der Waals surface area (Å²) in [5.41, 5.74) is 5.30. The molecule has 0 saturated carbocycles. The molecule has 1 aliphatic rings. The SMILES string of the molecule is Cc1cc([C@@H]2[C@@H](c3ccccn3)NC(=S)N2c2ccc(NS(C)(=O)=O)cc2)c(C)n1-c1ccccc1F. The lowest BCUT2D eigenvalue weighted by Crippen LogP contribution is -2.29. The van der Waals surface area contributed by atoms with Gasteiger partial charge >= 0.3 is 0 Å². The Hall–Kier alpha value is -3.76. The molecular formula is C27H26FN5O2S2. The summed E-state index contributed by atoms with van der Waals surface area (Å²) >= 11 is 5.80.